The summed E-state index contributed by atoms with van der Waals surface area (Å²) in [6.07, 6.45) is 8.16. The molecule has 3 aromatic rings. The Morgan fingerprint density at radius 3 is 2.65 bits per heavy atom. The summed E-state index contributed by atoms with van der Waals surface area (Å²) < 4.78 is 13.4. The zero-order valence-electron chi connectivity index (χ0n) is 15.2. The number of pyridine rings is 2. The lowest BCUT2D eigenvalue weighted by Crippen LogP contribution is -2.09. The van der Waals surface area contributed by atoms with Crippen molar-refractivity contribution >= 4 is 16.7 Å². The van der Waals surface area contributed by atoms with Crippen LogP contribution in [-0.4, -0.2) is 15.8 Å². The molecule has 0 bridgehead atoms. The van der Waals surface area contributed by atoms with Gasteiger partial charge in [-0.25, -0.2) is 4.39 Å². The third-order valence-electron chi connectivity index (χ3n) is 4.45. The first-order chi connectivity index (χ1) is 12.7. The Balaban J connectivity index is 0.000000948. The zero-order chi connectivity index (χ0) is 18.5. The summed E-state index contributed by atoms with van der Waals surface area (Å²) in [5.41, 5.74) is 3.75. The summed E-state index contributed by atoms with van der Waals surface area (Å²) in [5.74, 6) is 0.340. The number of rotatable bonds is 5. The van der Waals surface area contributed by atoms with E-state index in [9.17, 15) is 9.18 Å². The summed E-state index contributed by atoms with van der Waals surface area (Å²) in [5, 5.41) is 0.977. The van der Waals surface area contributed by atoms with Gasteiger partial charge in [0.25, 0.3) is 0 Å². The Morgan fingerprint density at radius 2 is 1.96 bits per heavy atom. The van der Waals surface area contributed by atoms with Crippen molar-refractivity contribution in [2.75, 3.05) is 0 Å². The number of carbonyl (C=O) groups excluding carboxylic acids is 1. The van der Waals surface area contributed by atoms with Crippen LogP contribution in [0.5, 0.6) is 0 Å². The van der Waals surface area contributed by atoms with Crippen molar-refractivity contribution in [3.8, 4) is 0 Å². The van der Waals surface area contributed by atoms with Gasteiger partial charge >= 0.3 is 0 Å². The Bertz CT molecular complexity index is 905. The molecule has 3 nitrogen and oxygen atoms in total. The average molecular weight is 350 g/mol. The molecule has 0 spiro atoms. The highest BCUT2D eigenvalue weighted by atomic mass is 19.1. The van der Waals surface area contributed by atoms with Gasteiger partial charge in [-0.2, -0.15) is 0 Å². The maximum Gasteiger partial charge on any atom is 0.141 e. The highest BCUT2D eigenvalue weighted by molar-refractivity contribution is 5.88. The minimum absolute atomic E-state index is 0.146. The number of Topliss-reactive ketones (excluding diaryl/α,β-unsaturated/α-hetero) is 1. The monoisotopic (exact) mass is 350 g/mol. The molecule has 1 aliphatic rings. The fraction of sp³-hybridized carbons (Fsp3) is 0.318. The Kier molecular flexibility index (Phi) is 5.71. The largest absolute Gasteiger partial charge is 0.299 e. The topological polar surface area (TPSA) is 42.9 Å². The van der Waals surface area contributed by atoms with E-state index >= 15 is 0 Å². The number of halogens is 1. The molecule has 1 fully saturated rings. The first-order valence-corrected chi connectivity index (χ1v) is 9.18. The summed E-state index contributed by atoms with van der Waals surface area (Å²) in [6.45, 7) is 4.00. The molecule has 2 heterocycles. The standard InChI is InChI=1S/C20H17FN2O.C2H6/c21-16-5-6-18-19(10-16)23-12-15(20(18)14-3-4-14)9-17(24)8-13-2-1-7-22-11-13;1-2/h1-2,5-7,10-12,14H,3-4,8-9H2;1-2H3. The SMILES string of the molecule is CC.O=C(Cc1cccnc1)Cc1cnc2cc(F)ccc2c1C1CC1. The fourth-order valence-corrected chi connectivity index (χ4v) is 3.23. The predicted octanol–water partition coefficient (Wildman–Crippen LogP) is 5.03. The van der Waals surface area contributed by atoms with Gasteiger partial charge in [0.1, 0.15) is 11.6 Å². The molecule has 0 unspecified atom stereocenters. The predicted molar refractivity (Wildman–Crippen MR) is 102 cm³/mol. The number of fused-ring (bicyclic) bond motifs is 1. The van der Waals surface area contributed by atoms with Crippen molar-refractivity contribution in [3.05, 3.63) is 71.4 Å². The molecule has 134 valence electrons. The molecule has 1 aromatic carbocycles. The van der Waals surface area contributed by atoms with Crippen LogP contribution in [0.25, 0.3) is 10.9 Å². The Hall–Kier alpha value is -2.62. The molecule has 1 saturated carbocycles. The minimum Gasteiger partial charge on any atom is -0.299 e. The van der Waals surface area contributed by atoms with Gasteiger partial charge < -0.3 is 0 Å². The fourth-order valence-electron chi connectivity index (χ4n) is 3.23. The average Bonchev–Trinajstić information content (AvgIpc) is 3.49. The van der Waals surface area contributed by atoms with Crippen molar-refractivity contribution in [1.82, 2.24) is 9.97 Å². The molecule has 0 saturated heterocycles. The van der Waals surface area contributed by atoms with Crippen LogP contribution in [0.4, 0.5) is 4.39 Å². The summed E-state index contributed by atoms with van der Waals surface area (Å²) >= 11 is 0. The van der Waals surface area contributed by atoms with Gasteiger partial charge in [0, 0.05) is 42.9 Å². The van der Waals surface area contributed by atoms with Gasteiger partial charge in [-0.15, -0.1) is 0 Å². The number of hydrogen-bond donors (Lipinski definition) is 0. The molecule has 26 heavy (non-hydrogen) atoms. The van der Waals surface area contributed by atoms with E-state index in [0.717, 1.165) is 29.4 Å². The first kappa shape index (κ1) is 18.2. The molecule has 2 aromatic heterocycles. The number of ketones is 1. The number of carbonyl (C=O) groups is 1. The second-order valence-electron chi connectivity index (χ2n) is 6.39. The summed E-state index contributed by atoms with van der Waals surface area (Å²) in [4.78, 5) is 20.9. The van der Waals surface area contributed by atoms with E-state index in [1.165, 1.54) is 17.7 Å². The Morgan fingerprint density at radius 1 is 1.15 bits per heavy atom. The molecule has 0 N–H and O–H groups in total. The first-order valence-electron chi connectivity index (χ1n) is 9.18. The van der Waals surface area contributed by atoms with E-state index in [-0.39, 0.29) is 11.6 Å². The lowest BCUT2D eigenvalue weighted by Gasteiger charge is -2.12. The summed E-state index contributed by atoms with van der Waals surface area (Å²) in [7, 11) is 0. The maximum absolute atomic E-state index is 13.4. The zero-order valence-corrected chi connectivity index (χ0v) is 15.2. The maximum atomic E-state index is 13.4. The third-order valence-corrected chi connectivity index (χ3v) is 4.45. The van der Waals surface area contributed by atoms with E-state index in [1.54, 1.807) is 24.7 Å². The van der Waals surface area contributed by atoms with Crippen molar-refractivity contribution < 1.29 is 9.18 Å². The molecule has 0 radical (unpaired) electrons. The molecule has 4 heteroatoms. The third kappa shape index (κ3) is 4.13. The molecule has 1 aliphatic carbocycles. The quantitative estimate of drug-likeness (QED) is 0.648. The number of aromatic nitrogens is 2. The van der Waals surface area contributed by atoms with E-state index in [0.29, 0.717) is 24.3 Å². The lowest BCUT2D eigenvalue weighted by atomic mass is 9.95. The number of benzene rings is 1. The van der Waals surface area contributed by atoms with Crippen LogP contribution >= 0.6 is 0 Å². The molecule has 4 rings (SSSR count). The van der Waals surface area contributed by atoms with Crippen LogP contribution in [0.15, 0.2) is 48.9 Å². The lowest BCUT2D eigenvalue weighted by molar-refractivity contribution is -0.117. The molecule has 0 aliphatic heterocycles. The van der Waals surface area contributed by atoms with Gasteiger partial charge in [0.2, 0.25) is 0 Å². The minimum atomic E-state index is -0.280. The van der Waals surface area contributed by atoms with Crippen molar-refractivity contribution in [3.63, 3.8) is 0 Å². The van der Waals surface area contributed by atoms with Crippen LogP contribution < -0.4 is 0 Å². The highest BCUT2D eigenvalue weighted by Gasteiger charge is 2.29. The number of nitrogens with zero attached hydrogens (tertiary/aromatic N) is 2. The molecular formula is C22H23FN2O. The Labute approximate surface area is 153 Å². The van der Waals surface area contributed by atoms with Crippen LogP contribution in [0, 0.1) is 5.82 Å². The van der Waals surface area contributed by atoms with Gasteiger partial charge in [-0.3, -0.25) is 14.8 Å². The van der Waals surface area contributed by atoms with Gasteiger partial charge in [0.15, 0.2) is 0 Å². The normalized spacial score (nSPS) is 13.2. The van der Waals surface area contributed by atoms with Crippen LogP contribution in [0.3, 0.4) is 0 Å². The van der Waals surface area contributed by atoms with E-state index in [2.05, 4.69) is 9.97 Å². The van der Waals surface area contributed by atoms with Crippen molar-refractivity contribution in [1.29, 1.82) is 0 Å². The van der Waals surface area contributed by atoms with E-state index < -0.39 is 0 Å². The molecule has 0 amide bonds. The van der Waals surface area contributed by atoms with Gasteiger partial charge in [-0.1, -0.05) is 19.9 Å². The van der Waals surface area contributed by atoms with Crippen molar-refractivity contribution in [2.45, 2.75) is 45.4 Å². The highest BCUT2D eigenvalue weighted by Crippen LogP contribution is 2.44. The van der Waals surface area contributed by atoms with Gasteiger partial charge in [0.05, 0.1) is 5.52 Å². The van der Waals surface area contributed by atoms with Crippen molar-refractivity contribution in [2.24, 2.45) is 0 Å². The number of hydrogen-bond acceptors (Lipinski definition) is 3. The smallest absolute Gasteiger partial charge is 0.141 e. The van der Waals surface area contributed by atoms with E-state index in [4.69, 9.17) is 0 Å². The van der Waals surface area contributed by atoms with Crippen LogP contribution in [0.1, 0.15) is 49.3 Å². The summed E-state index contributed by atoms with van der Waals surface area (Å²) in [6, 6.07) is 8.47. The second-order valence-corrected chi connectivity index (χ2v) is 6.39. The second kappa shape index (κ2) is 8.17. The molecular weight excluding hydrogens is 327 g/mol. The van der Waals surface area contributed by atoms with E-state index in [1.807, 2.05) is 26.0 Å². The van der Waals surface area contributed by atoms with Gasteiger partial charge in [-0.05, 0) is 53.6 Å². The molecule has 0 atom stereocenters. The van der Waals surface area contributed by atoms with Crippen LogP contribution in [-0.2, 0) is 17.6 Å². The van der Waals surface area contributed by atoms with Crippen LogP contribution in [0.2, 0.25) is 0 Å².